The SMILES string of the molecule is COCc1cccc(CNC(C)(C)C(C)(C)O)c1. The van der Waals surface area contributed by atoms with E-state index >= 15 is 0 Å². The Morgan fingerprint density at radius 2 is 1.78 bits per heavy atom. The Kier molecular flexibility index (Phi) is 4.91. The van der Waals surface area contributed by atoms with Crippen molar-refractivity contribution in [3.8, 4) is 0 Å². The third-order valence-electron chi connectivity index (χ3n) is 3.57. The van der Waals surface area contributed by atoms with Gasteiger partial charge in [0.15, 0.2) is 0 Å². The first-order valence-electron chi connectivity index (χ1n) is 6.30. The molecule has 102 valence electrons. The van der Waals surface area contributed by atoms with E-state index in [4.69, 9.17) is 4.74 Å². The molecule has 0 aliphatic heterocycles. The number of benzene rings is 1. The lowest BCUT2D eigenvalue weighted by molar-refractivity contribution is -0.00532. The zero-order valence-corrected chi connectivity index (χ0v) is 12.1. The molecule has 18 heavy (non-hydrogen) atoms. The van der Waals surface area contributed by atoms with Gasteiger partial charge in [0.1, 0.15) is 0 Å². The Labute approximate surface area is 110 Å². The predicted octanol–water partition coefficient (Wildman–Crippen LogP) is 2.47. The molecule has 1 rings (SSSR count). The highest BCUT2D eigenvalue weighted by molar-refractivity contribution is 5.23. The average molecular weight is 251 g/mol. The third kappa shape index (κ3) is 4.09. The van der Waals surface area contributed by atoms with Crippen molar-refractivity contribution in [1.82, 2.24) is 5.32 Å². The predicted molar refractivity (Wildman–Crippen MR) is 74.4 cm³/mol. The lowest BCUT2D eigenvalue weighted by Crippen LogP contribution is -2.55. The van der Waals surface area contributed by atoms with Crippen LogP contribution >= 0.6 is 0 Å². The van der Waals surface area contributed by atoms with Gasteiger partial charge in [-0.15, -0.1) is 0 Å². The van der Waals surface area contributed by atoms with Crippen molar-refractivity contribution < 1.29 is 9.84 Å². The molecule has 1 aromatic carbocycles. The molecule has 1 aromatic rings. The fourth-order valence-electron chi connectivity index (χ4n) is 1.54. The molecule has 0 amide bonds. The second-order valence-corrected chi connectivity index (χ2v) is 5.79. The van der Waals surface area contributed by atoms with Gasteiger partial charge in [-0.05, 0) is 38.8 Å². The van der Waals surface area contributed by atoms with Crippen LogP contribution in [-0.2, 0) is 17.9 Å². The molecule has 2 N–H and O–H groups in total. The van der Waals surface area contributed by atoms with Crippen LogP contribution < -0.4 is 5.32 Å². The molecular weight excluding hydrogens is 226 g/mol. The van der Waals surface area contributed by atoms with Gasteiger partial charge in [-0.1, -0.05) is 24.3 Å². The van der Waals surface area contributed by atoms with Gasteiger partial charge in [0.25, 0.3) is 0 Å². The Bertz CT molecular complexity index is 380. The summed E-state index contributed by atoms with van der Waals surface area (Å²) >= 11 is 0. The molecule has 0 heterocycles. The first-order chi connectivity index (χ1) is 8.26. The number of hydrogen-bond acceptors (Lipinski definition) is 3. The van der Waals surface area contributed by atoms with E-state index in [0.29, 0.717) is 6.61 Å². The molecule has 0 unspecified atom stereocenters. The molecule has 3 nitrogen and oxygen atoms in total. The molecule has 0 aliphatic carbocycles. The molecule has 0 radical (unpaired) electrons. The lowest BCUT2D eigenvalue weighted by atomic mass is 9.86. The van der Waals surface area contributed by atoms with Crippen LogP contribution in [0.15, 0.2) is 24.3 Å². The van der Waals surface area contributed by atoms with Gasteiger partial charge < -0.3 is 15.2 Å². The monoisotopic (exact) mass is 251 g/mol. The maximum Gasteiger partial charge on any atom is 0.0767 e. The third-order valence-corrected chi connectivity index (χ3v) is 3.57. The highest BCUT2D eigenvalue weighted by Crippen LogP contribution is 2.21. The lowest BCUT2D eigenvalue weighted by Gasteiger charge is -2.38. The Balaban J connectivity index is 2.66. The number of nitrogens with one attached hydrogen (secondary N) is 1. The standard InChI is InChI=1S/C15H25NO2/c1-14(2,15(3,4)17)16-10-12-7-6-8-13(9-12)11-18-5/h6-9,16-17H,10-11H2,1-5H3. The highest BCUT2D eigenvalue weighted by atomic mass is 16.5. The van der Waals surface area contributed by atoms with Crippen molar-refractivity contribution in [3.05, 3.63) is 35.4 Å². The summed E-state index contributed by atoms with van der Waals surface area (Å²) in [7, 11) is 1.70. The van der Waals surface area contributed by atoms with Crippen LogP contribution in [0, 0.1) is 0 Å². The molecule has 0 aliphatic rings. The van der Waals surface area contributed by atoms with E-state index in [2.05, 4.69) is 17.4 Å². The van der Waals surface area contributed by atoms with Gasteiger partial charge >= 0.3 is 0 Å². The first-order valence-corrected chi connectivity index (χ1v) is 6.30. The van der Waals surface area contributed by atoms with E-state index in [1.165, 1.54) is 5.56 Å². The van der Waals surface area contributed by atoms with Crippen LogP contribution in [0.25, 0.3) is 0 Å². The van der Waals surface area contributed by atoms with Crippen molar-refractivity contribution >= 4 is 0 Å². The largest absolute Gasteiger partial charge is 0.389 e. The second kappa shape index (κ2) is 5.83. The molecule has 0 spiro atoms. The number of rotatable bonds is 6. The summed E-state index contributed by atoms with van der Waals surface area (Å²) in [5.41, 5.74) is 1.25. The van der Waals surface area contributed by atoms with Crippen molar-refractivity contribution in [2.75, 3.05) is 7.11 Å². The van der Waals surface area contributed by atoms with E-state index in [-0.39, 0.29) is 5.54 Å². The van der Waals surface area contributed by atoms with Crippen LogP contribution in [0.4, 0.5) is 0 Å². The summed E-state index contributed by atoms with van der Waals surface area (Å²) in [6, 6.07) is 8.28. The van der Waals surface area contributed by atoms with Crippen molar-refractivity contribution in [2.45, 2.75) is 52.0 Å². The Hall–Kier alpha value is -0.900. The first kappa shape index (κ1) is 15.2. The maximum atomic E-state index is 10.1. The highest BCUT2D eigenvalue weighted by Gasteiger charge is 2.34. The van der Waals surface area contributed by atoms with E-state index in [1.54, 1.807) is 7.11 Å². The Morgan fingerprint density at radius 1 is 1.17 bits per heavy atom. The summed E-state index contributed by atoms with van der Waals surface area (Å²) in [4.78, 5) is 0. The second-order valence-electron chi connectivity index (χ2n) is 5.79. The molecule has 0 atom stereocenters. The quantitative estimate of drug-likeness (QED) is 0.816. The summed E-state index contributed by atoms with van der Waals surface area (Å²) in [6.45, 7) is 9.01. The summed E-state index contributed by atoms with van der Waals surface area (Å²) < 4.78 is 5.12. The summed E-state index contributed by atoms with van der Waals surface area (Å²) in [5.74, 6) is 0. The van der Waals surface area contributed by atoms with Crippen molar-refractivity contribution in [1.29, 1.82) is 0 Å². The van der Waals surface area contributed by atoms with Gasteiger partial charge in [-0.2, -0.15) is 0 Å². The Morgan fingerprint density at radius 3 is 2.33 bits per heavy atom. The van der Waals surface area contributed by atoms with Crippen molar-refractivity contribution in [3.63, 3.8) is 0 Å². The zero-order valence-electron chi connectivity index (χ0n) is 12.1. The average Bonchev–Trinajstić information content (AvgIpc) is 2.26. The fraction of sp³-hybridized carbons (Fsp3) is 0.600. The molecule has 0 saturated heterocycles. The minimum absolute atomic E-state index is 0.343. The molecule has 0 saturated carbocycles. The van der Waals surface area contributed by atoms with Crippen molar-refractivity contribution in [2.24, 2.45) is 0 Å². The van der Waals surface area contributed by atoms with Crippen LogP contribution in [0.2, 0.25) is 0 Å². The summed E-state index contributed by atoms with van der Waals surface area (Å²) in [5, 5.41) is 13.5. The number of ether oxygens (including phenoxy) is 1. The van der Waals surface area contributed by atoms with Crippen LogP contribution in [0.5, 0.6) is 0 Å². The van der Waals surface area contributed by atoms with E-state index in [9.17, 15) is 5.11 Å². The number of hydrogen-bond donors (Lipinski definition) is 2. The molecular formula is C15H25NO2. The van der Waals surface area contributed by atoms with Gasteiger partial charge in [0, 0.05) is 19.2 Å². The van der Waals surface area contributed by atoms with Gasteiger partial charge in [0.05, 0.1) is 12.2 Å². The zero-order chi connectivity index (χ0) is 13.8. The van der Waals surface area contributed by atoms with E-state index < -0.39 is 5.60 Å². The normalized spacial score (nSPS) is 12.8. The molecule has 0 bridgehead atoms. The molecule has 0 fully saturated rings. The van der Waals surface area contributed by atoms with Gasteiger partial charge in [-0.3, -0.25) is 0 Å². The van der Waals surface area contributed by atoms with E-state index in [1.807, 2.05) is 39.8 Å². The number of methoxy groups -OCH3 is 1. The van der Waals surface area contributed by atoms with Crippen LogP contribution in [0.1, 0.15) is 38.8 Å². The fourth-order valence-corrected chi connectivity index (χ4v) is 1.54. The molecule has 3 heteroatoms. The minimum atomic E-state index is -0.767. The van der Waals surface area contributed by atoms with Gasteiger partial charge in [0.2, 0.25) is 0 Å². The van der Waals surface area contributed by atoms with E-state index in [0.717, 1.165) is 12.1 Å². The minimum Gasteiger partial charge on any atom is -0.389 e. The topological polar surface area (TPSA) is 41.5 Å². The van der Waals surface area contributed by atoms with Crippen LogP contribution in [-0.4, -0.2) is 23.4 Å². The number of aliphatic hydroxyl groups is 1. The van der Waals surface area contributed by atoms with Crippen LogP contribution in [0.3, 0.4) is 0 Å². The maximum absolute atomic E-state index is 10.1. The van der Waals surface area contributed by atoms with Gasteiger partial charge in [-0.25, -0.2) is 0 Å². The smallest absolute Gasteiger partial charge is 0.0767 e. The summed E-state index contributed by atoms with van der Waals surface area (Å²) in [6.07, 6.45) is 0. The molecule has 0 aromatic heterocycles.